The Bertz CT molecular complexity index is 658. The second-order valence-electron chi connectivity index (χ2n) is 3.91. The summed E-state index contributed by atoms with van der Waals surface area (Å²) in [5.74, 6) is 2.60. The number of nitrogens with one attached hydrogen (secondary N) is 1. The number of carbonyl (C=O) groups excluding carboxylic acids is 1. The number of hydrogen-bond acceptors (Lipinski definition) is 5. The Kier molecular flexibility index (Phi) is 4.40. The Balaban J connectivity index is 2.17. The third kappa shape index (κ3) is 3.06. The standard InChI is InChI=1S/C13H13N3OS2/c1-4-5-14-10(17)6-18-12-11-8(2)9(3)19-13(11)16-7-15-12/h1,7H,5-6H2,2-3H3,(H,14,17). The van der Waals surface area contributed by atoms with Crippen LogP contribution in [-0.2, 0) is 4.79 Å². The molecule has 0 saturated carbocycles. The van der Waals surface area contributed by atoms with Crippen LogP contribution in [0.2, 0.25) is 0 Å². The van der Waals surface area contributed by atoms with Crippen LogP contribution in [0.1, 0.15) is 10.4 Å². The number of rotatable bonds is 4. The summed E-state index contributed by atoms with van der Waals surface area (Å²) in [4.78, 5) is 22.3. The summed E-state index contributed by atoms with van der Waals surface area (Å²) in [5.41, 5.74) is 1.19. The Morgan fingerprint density at radius 2 is 2.32 bits per heavy atom. The van der Waals surface area contributed by atoms with E-state index in [9.17, 15) is 4.79 Å². The molecule has 0 aliphatic heterocycles. The molecule has 0 bridgehead atoms. The molecule has 2 aromatic heterocycles. The predicted octanol–water partition coefficient (Wildman–Crippen LogP) is 2.15. The molecular weight excluding hydrogens is 278 g/mol. The number of aryl methyl sites for hydroxylation is 2. The topological polar surface area (TPSA) is 54.9 Å². The van der Waals surface area contributed by atoms with Crippen molar-refractivity contribution in [2.45, 2.75) is 18.9 Å². The quantitative estimate of drug-likeness (QED) is 0.533. The number of carbonyl (C=O) groups is 1. The molecule has 1 N–H and O–H groups in total. The maximum absolute atomic E-state index is 11.5. The number of fused-ring (bicyclic) bond motifs is 1. The second-order valence-corrected chi connectivity index (χ2v) is 6.08. The maximum atomic E-state index is 11.5. The minimum Gasteiger partial charge on any atom is -0.344 e. The van der Waals surface area contributed by atoms with Gasteiger partial charge in [-0.2, -0.15) is 0 Å². The van der Waals surface area contributed by atoms with Gasteiger partial charge in [0.05, 0.1) is 12.3 Å². The van der Waals surface area contributed by atoms with Crippen LogP contribution in [0, 0.1) is 26.2 Å². The van der Waals surface area contributed by atoms with Crippen molar-refractivity contribution in [2.75, 3.05) is 12.3 Å². The Morgan fingerprint density at radius 1 is 1.53 bits per heavy atom. The number of terminal acetylenes is 1. The number of thioether (sulfide) groups is 1. The van der Waals surface area contributed by atoms with Crippen molar-refractivity contribution in [3.05, 3.63) is 16.8 Å². The van der Waals surface area contributed by atoms with Crippen LogP contribution in [0.4, 0.5) is 0 Å². The molecule has 0 spiro atoms. The highest BCUT2D eigenvalue weighted by atomic mass is 32.2. The minimum absolute atomic E-state index is 0.0840. The summed E-state index contributed by atoms with van der Waals surface area (Å²) in [6, 6.07) is 0. The summed E-state index contributed by atoms with van der Waals surface area (Å²) >= 11 is 3.06. The van der Waals surface area contributed by atoms with Gasteiger partial charge in [-0.15, -0.1) is 17.8 Å². The van der Waals surface area contributed by atoms with E-state index in [2.05, 4.69) is 35.1 Å². The van der Waals surface area contributed by atoms with E-state index in [1.54, 1.807) is 17.7 Å². The molecule has 0 atom stereocenters. The van der Waals surface area contributed by atoms with Gasteiger partial charge in [0, 0.05) is 10.3 Å². The third-order valence-corrected chi connectivity index (χ3v) is 4.76. The van der Waals surface area contributed by atoms with Gasteiger partial charge in [-0.1, -0.05) is 17.7 Å². The molecule has 0 saturated heterocycles. The lowest BCUT2D eigenvalue weighted by atomic mass is 10.2. The van der Waals surface area contributed by atoms with Crippen molar-refractivity contribution >= 4 is 39.2 Å². The molecule has 0 unspecified atom stereocenters. The molecule has 1 amide bonds. The first kappa shape index (κ1) is 13.8. The largest absolute Gasteiger partial charge is 0.344 e. The van der Waals surface area contributed by atoms with Gasteiger partial charge >= 0.3 is 0 Å². The number of nitrogens with zero attached hydrogens (tertiary/aromatic N) is 2. The fraction of sp³-hybridized carbons (Fsp3) is 0.308. The lowest BCUT2D eigenvalue weighted by Crippen LogP contribution is -2.25. The van der Waals surface area contributed by atoms with Gasteiger partial charge in [0.1, 0.15) is 16.2 Å². The predicted molar refractivity (Wildman–Crippen MR) is 79.5 cm³/mol. The van der Waals surface area contributed by atoms with Crippen LogP contribution in [0.3, 0.4) is 0 Å². The fourth-order valence-electron chi connectivity index (χ4n) is 1.59. The average Bonchev–Trinajstić information content (AvgIpc) is 2.70. The van der Waals surface area contributed by atoms with E-state index in [4.69, 9.17) is 6.42 Å². The van der Waals surface area contributed by atoms with E-state index in [1.807, 2.05) is 0 Å². The van der Waals surface area contributed by atoms with E-state index in [0.717, 1.165) is 15.2 Å². The van der Waals surface area contributed by atoms with E-state index in [0.29, 0.717) is 5.75 Å². The van der Waals surface area contributed by atoms with Crippen LogP contribution in [0.15, 0.2) is 11.4 Å². The van der Waals surface area contributed by atoms with Crippen LogP contribution < -0.4 is 5.32 Å². The molecule has 0 fully saturated rings. The molecular formula is C13H13N3OS2. The Hall–Kier alpha value is -1.58. The van der Waals surface area contributed by atoms with E-state index in [-0.39, 0.29) is 12.5 Å². The molecule has 0 radical (unpaired) electrons. The van der Waals surface area contributed by atoms with Crippen molar-refractivity contribution in [3.63, 3.8) is 0 Å². The fourth-order valence-corrected chi connectivity index (χ4v) is 3.54. The summed E-state index contributed by atoms with van der Waals surface area (Å²) in [5, 5.41) is 4.54. The molecule has 2 rings (SSSR count). The summed E-state index contributed by atoms with van der Waals surface area (Å²) in [6.07, 6.45) is 6.63. The number of hydrogen-bond donors (Lipinski definition) is 1. The number of thiophene rings is 1. The normalized spacial score (nSPS) is 10.4. The van der Waals surface area contributed by atoms with Gasteiger partial charge in [0.15, 0.2) is 0 Å². The van der Waals surface area contributed by atoms with E-state index in [1.165, 1.54) is 22.2 Å². The van der Waals surface area contributed by atoms with Crippen molar-refractivity contribution < 1.29 is 4.79 Å². The SMILES string of the molecule is C#CCNC(=O)CSc1ncnc2sc(C)c(C)c12. The molecule has 2 heterocycles. The highest BCUT2D eigenvalue weighted by molar-refractivity contribution is 8.00. The number of amides is 1. The van der Waals surface area contributed by atoms with Crippen LogP contribution >= 0.6 is 23.1 Å². The summed E-state index contributed by atoms with van der Waals surface area (Å²) in [7, 11) is 0. The van der Waals surface area contributed by atoms with Crippen LogP contribution in [-0.4, -0.2) is 28.2 Å². The molecule has 0 aromatic carbocycles. The zero-order valence-electron chi connectivity index (χ0n) is 10.7. The van der Waals surface area contributed by atoms with Crippen molar-refractivity contribution in [2.24, 2.45) is 0 Å². The molecule has 0 aliphatic carbocycles. The molecule has 6 heteroatoms. The van der Waals surface area contributed by atoms with E-state index >= 15 is 0 Å². The van der Waals surface area contributed by atoms with Crippen LogP contribution in [0.5, 0.6) is 0 Å². The molecule has 4 nitrogen and oxygen atoms in total. The number of aromatic nitrogens is 2. The Morgan fingerprint density at radius 3 is 3.05 bits per heavy atom. The lowest BCUT2D eigenvalue weighted by molar-refractivity contribution is -0.118. The molecule has 0 aliphatic rings. The maximum Gasteiger partial charge on any atom is 0.231 e. The zero-order chi connectivity index (χ0) is 13.8. The highest BCUT2D eigenvalue weighted by Crippen LogP contribution is 2.34. The monoisotopic (exact) mass is 291 g/mol. The zero-order valence-corrected chi connectivity index (χ0v) is 12.3. The summed E-state index contributed by atoms with van der Waals surface area (Å²) < 4.78 is 0. The lowest BCUT2D eigenvalue weighted by Gasteiger charge is -2.03. The first-order valence-corrected chi connectivity index (χ1v) is 7.47. The van der Waals surface area contributed by atoms with Crippen LogP contribution in [0.25, 0.3) is 10.2 Å². The van der Waals surface area contributed by atoms with Gasteiger partial charge in [-0.05, 0) is 19.4 Å². The third-order valence-electron chi connectivity index (χ3n) is 2.66. The molecule has 2 aromatic rings. The Labute approximate surface area is 120 Å². The van der Waals surface area contributed by atoms with Gasteiger partial charge in [-0.25, -0.2) is 9.97 Å². The average molecular weight is 291 g/mol. The highest BCUT2D eigenvalue weighted by Gasteiger charge is 2.13. The molecule has 19 heavy (non-hydrogen) atoms. The summed E-state index contributed by atoms with van der Waals surface area (Å²) in [6.45, 7) is 4.38. The first-order valence-electron chi connectivity index (χ1n) is 5.67. The van der Waals surface area contributed by atoms with Gasteiger partial charge in [0.2, 0.25) is 5.91 Å². The molecule has 98 valence electrons. The van der Waals surface area contributed by atoms with Gasteiger partial charge in [0.25, 0.3) is 0 Å². The van der Waals surface area contributed by atoms with E-state index < -0.39 is 0 Å². The van der Waals surface area contributed by atoms with Crippen molar-refractivity contribution in [3.8, 4) is 12.3 Å². The van der Waals surface area contributed by atoms with Crippen molar-refractivity contribution in [1.82, 2.24) is 15.3 Å². The second kappa shape index (κ2) is 6.04. The minimum atomic E-state index is -0.0840. The van der Waals surface area contributed by atoms with Gasteiger partial charge < -0.3 is 5.32 Å². The van der Waals surface area contributed by atoms with Gasteiger partial charge in [-0.3, -0.25) is 4.79 Å². The first-order chi connectivity index (χ1) is 9.13. The smallest absolute Gasteiger partial charge is 0.231 e. The van der Waals surface area contributed by atoms with Crippen molar-refractivity contribution in [1.29, 1.82) is 0 Å².